The van der Waals surface area contributed by atoms with Gasteiger partial charge in [0.2, 0.25) is 0 Å². The van der Waals surface area contributed by atoms with Gasteiger partial charge in [0.25, 0.3) is 0 Å². The first-order valence-electron chi connectivity index (χ1n) is 9.79. The fourth-order valence-electron chi connectivity index (χ4n) is 5.71. The highest BCUT2D eigenvalue weighted by atomic mass is 16.5. The molecule has 1 saturated heterocycles. The van der Waals surface area contributed by atoms with Crippen molar-refractivity contribution in [2.45, 2.75) is 32.4 Å². The molecule has 0 aromatic heterocycles. The highest BCUT2D eigenvalue weighted by Crippen LogP contribution is 2.58. The van der Waals surface area contributed by atoms with E-state index >= 15 is 0 Å². The van der Waals surface area contributed by atoms with Crippen LogP contribution in [0.25, 0.3) is 0 Å². The van der Waals surface area contributed by atoms with Crippen molar-refractivity contribution in [2.75, 3.05) is 19.7 Å². The number of nitrogens with one attached hydrogen (secondary N) is 1. The molecule has 1 aromatic rings. The number of likely N-dealkylation sites (tertiary alicyclic amines) is 1. The first-order chi connectivity index (χ1) is 12.7. The minimum atomic E-state index is -0.335. The highest BCUT2D eigenvalue weighted by Gasteiger charge is 2.61. The topological polar surface area (TPSA) is 65.4 Å². The molecule has 0 radical (unpaired) electrons. The van der Waals surface area contributed by atoms with Crippen LogP contribution < -0.4 is 5.32 Å². The summed E-state index contributed by atoms with van der Waals surface area (Å²) in [5.41, 5.74) is 1.33. The molecule has 2 bridgehead atoms. The number of nitrogens with zero attached hydrogens (tertiary/aromatic N) is 2. The van der Waals surface area contributed by atoms with E-state index in [0.717, 1.165) is 19.5 Å². The number of amides is 1. The van der Waals surface area contributed by atoms with Gasteiger partial charge in [0.15, 0.2) is 0 Å². The smallest absolute Gasteiger partial charge is 0.407 e. The van der Waals surface area contributed by atoms with Crippen LogP contribution in [0.15, 0.2) is 30.3 Å². The SMILES string of the molecule is CCOC(=O)NCC1CC2CC3C1C(C#N)C3N(Cc1ccccc1)C2. The second kappa shape index (κ2) is 7.28. The summed E-state index contributed by atoms with van der Waals surface area (Å²) in [4.78, 5) is 14.2. The van der Waals surface area contributed by atoms with Gasteiger partial charge in [-0.1, -0.05) is 30.3 Å². The van der Waals surface area contributed by atoms with E-state index in [-0.39, 0.29) is 12.0 Å². The van der Waals surface area contributed by atoms with E-state index in [2.05, 4.69) is 40.6 Å². The fourth-order valence-corrected chi connectivity index (χ4v) is 5.71. The fraction of sp³-hybridized carbons (Fsp3) is 0.619. The van der Waals surface area contributed by atoms with Gasteiger partial charge in [0.1, 0.15) is 0 Å². The number of ether oxygens (including phenoxy) is 1. The number of benzene rings is 1. The second-order valence-corrected chi connectivity index (χ2v) is 8.00. The Balaban J connectivity index is 1.45. The Kier molecular flexibility index (Phi) is 4.86. The third-order valence-corrected chi connectivity index (χ3v) is 6.58. The average Bonchev–Trinajstić information content (AvgIpc) is 2.61. The van der Waals surface area contributed by atoms with Gasteiger partial charge in [0.05, 0.1) is 18.6 Å². The Bertz CT molecular complexity index is 686. The average molecular weight is 353 g/mol. The van der Waals surface area contributed by atoms with Crippen molar-refractivity contribution in [1.29, 1.82) is 5.26 Å². The number of fused-ring (bicyclic) bond motifs is 1. The molecular weight excluding hydrogens is 326 g/mol. The number of piperidine rings is 1. The lowest BCUT2D eigenvalue weighted by molar-refractivity contribution is -0.150. The minimum Gasteiger partial charge on any atom is -0.450 e. The molecule has 2 aliphatic carbocycles. The van der Waals surface area contributed by atoms with Crippen molar-refractivity contribution in [2.24, 2.45) is 29.6 Å². The first-order valence-corrected chi connectivity index (χ1v) is 9.79. The van der Waals surface area contributed by atoms with Crippen molar-refractivity contribution >= 4 is 6.09 Å². The molecule has 5 nitrogen and oxygen atoms in total. The van der Waals surface area contributed by atoms with Crippen molar-refractivity contribution in [3.05, 3.63) is 35.9 Å². The quantitative estimate of drug-likeness (QED) is 0.884. The molecule has 1 amide bonds. The highest BCUT2D eigenvalue weighted by molar-refractivity contribution is 5.67. The molecule has 1 aromatic carbocycles. The standard InChI is InChI=1S/C21H27N3O2/c1-2-26-21(25)23-11-16-8-15-9-17-19(16)18(10-22)20(17)24(13-15)12-14-6-4-3-5-7-14/h3-7,15-20H,2,8-9,11-13H2,1H3,(H,23,25). The van der Waals surface area contributed by atoms with Crippen LogP contribution >= 0.6 is 0 Å². The Morgan fingerprint density at radius 2 is 2.15 bits per heavy atom. The number of hydrogen-bond acceptors (Lipinski definition) is 4. The number of carbonyl (C=O) groups is 1. The Labute approximate surface area is 155 Å². The first kappa shape index (κ1) is 17.4. The van der Waals surface area contributed by atoms with Gasteiger partial charge in [-0.2, -0.15) is 5.26 Å². The predicted molar refractivity (Wildman–Crippen MR) is 98.0 cm³/mol. The predicted octanol–water partition coefficient (Wildman–Crippen LogP) is 3.03. The second-order valence-electron chi connectivity index (χ2n) is 8.00. The Morgan fingerprint density at radius 1 is 1.35 bits per heavy atom. The van der Waals surface area contributed by atoms with Gasteiger partial charge in [-0.05, 0) is 49.0 Å². The molecule has 138 valence electrons. The van der Waals surface area contributed by atoms with Crippen molar-refractivity contribution in [1.82, 2.24) is 10.2 Å². The maximum Gasteiger partial charge on any atom is 0.407 e. The number of alkyl carbamates (subject to hydrolysis) is 1. The molecule has 3 aliphatic rings. The van der Waals surface area contributed by atoms with Crippen LogP contribution in [0.4, 0.5) is 4.79 Å². The molecule has 1 heterocycles. The van der Waals surface area contributed by atoms with E-state index in [0.29, 0.717) is 42.9 Å². The summed E-state index contributed by atoms with van der Waals surface area (Å²) in [5, 5.41) is 12.7. The zero-order valence-electron chi connectivity index (χ0n) is 15.3. The number of nitriles is 1. The van der Waals surface area contributed by atoms with Crippen LogP contribution in [0.5, 0.6) is 0 Å². The lowest BCUT2D eigenvalue weighted by Gasteiger charge is -2.64. The molecule has 26 heavy (non-hydrogen) atoms. The summed E-state index contributed by atoms with van der Waals surface area (Å²) >= 11 is 0. The van der Waals surface area contributed by atoms with Crippen molar-refractivity contribution < 1.29 is 9.53 Å². The van der Waals surface area contributed by atoms with Gasteiger partial charge in [-0.15, -0.1) is 0 Å². The summed E-state index contributed by atoms with van der Waals surface area (Å²) in [6.45, 7) is 4.85. The molecule has 1 aliphatic heterocycles. The molecule has 2 saturated carbocycles. The molecule has 5 heteroatoms. The normalized spacial score (nSPS) is 35.1. The summed E-state index contributed by atoms with van der Waals surface area (Å²) < 4.78 is 4.99. The molecule has 6 atom stereocenters. The van der Waals surface area contributed by atoms with Crippen LogP contribution in [-0.2, 0) is 11.3 Å². The van der Waals surface area contributed by atoms with E-state index in [4.69, 9.17) is 4.74 Å². The largest absolute Gasteiger partial charge is 0.450 e. The Hall–Kier alpha value is -2.06. The molecule has 0 spiro atoms. The number of hydrogen-bond donors (Lipinski definition) is 1. The molecule has 3 fully saturated rings. The van der Waals surface area contributed by atoms with Crippen LogP contribution in [0.3, 0.4) is 0 Å². The third-order valence-electron chi connectivity index (χ3n) is 6.58. The van der Waals surface area contributed by atoms with Crippen molar-refractivity contribution in [3.63, 3.8) is 0 Å². The van der Waals surface area contributed by atoms with Gasteiger partial charge in [-0.3, -0.25) is 4.90 Å². The van der Waals surface area contributed by atoms with Crippen molar-refractivity contribution in [3.8, 4) is 6.07 Å². The van der Waals surface area contributed by atoms with Gasteiger partial charge >= 0.3 is 6.09 Å². The van der Waals surface area contributed by atoms with E-state index in [1.165, 1.54) is 12.0 Å². The maximum atomic E-state index is 11.7. The lowest BCUT2D eigenvalue weighted by Crippen LogP contribution is -2.68. The van der Waals surface area contributed by atoms with E-state index in [9.17, 15) is 10.1 Å². The molecule has 6 unspecified atom stereocenters. The lowest BCUT2D eigenvalue weighted by atomic mass is 9.48. The number of carbonyl (C=O) groups excluding carboxylic acids is 1. The van der Waals surface area contributed by atoms with E-state index < -0.39 is 0 Å². The van der Waals surface area contributed by atoms with E-state index in [1.54, 1.807) is 0 Å². The van der Waals surface area contributed by atoms with Crippen LogP contribution in [-0.4, -0.2) is 36.7 Å². The monoisotopic (exact) mass is 353 g/mol. The van der Waals surface area contributed by atoms with Gasteiger partial charge < -0.3 is 10.1 Å². The van der Waals surface area contributed by atoms with Crippen LogP contribution in [0.1, 0.15) is 25.3 Å². The van der Waals surface area contributed by atoms with E-state index in [1.807, 2.05) is 13.0 Å². The molecule has 1 N–H and O–H groups in total. The van der Waals surface area contributed by atoms with Gasteiger partial charge in [0, 0.05) is 25.7 Å². The summed E-state index contributed by atoms with van der Waals surface area (Å²) in [7, 11) is 0. The Morgan fingerprint density at radius 3 is 2.88 bits per heavy atom. The zero-order valence-corrected chi connectivity index (χ0v) is 15.3. The molecular formula is C21H27N3O2. The summed E-state index contributed by atoms with van der Waals surface area (Å²) in [6, 6.07) is 13.6. The summed E-state index contributed by atoms with van der Waals surface area (Å²) in [6.07, 6.45) is 2.01. The summed E-state index contributed by atoms with van der Waals surface area (Å²) in [5.74, 6) is 2.18. The third kappa shape index (κ3) is 3.07. The number of rotatable bonds is 5. The van der Waals surface area contributed by atoms with Gasteiger partial charge in [-0.25, -0.2) is 4.79 Å². The zero-order chi connectivity index (χ0) is 18.1. The molecule has 4 rings (SSSR count). The van der Waals surface area contributed by atoms with Crippen LogP contribution in [0, 0.1) is 40.9 Å². The minimum absolute atomic E-state index is 0.0824. The van der Waals surface area contributed by atoms with Crippen LogP contribution in [0.2, 0.25) is 0 Å². The maximum absolute atomic E-state index is 11.7.